The number of aliphatic hydroxyl groups is 2. The van der Waals surface area contributed by atoms with Crippen LogP contribution in [0.25, 0.3) is 0 Å². The van der Waals surface area contributed by atoms with Crippen molar-refractivity contribution in [1.82, 2.24) is 10.2 Å². The van der Waals surface area contributed by atoms with Crippen LogP contribution in [0.1, 0.15) is 179 Å². The molecule has 2 fully saturated rings. The first-order valence-corrected chi connectivity index (χ1v) is 27.7. The van der Waals surface area contributed by atoms with Crippen LogP contribution < -0.4 is 24.3 Å². The molecule has 3 N–H and O–H groups in total. The lowest BCUT2D eigenvalue weighted by Crippen LogP contribution is -2.70. The van der Waals surface area contributed by atoms with Crippen LogP contribution in [0.15, 0.2) is 65.9 Å². The molecule has 2 amide bonds. The molecule has 3 aliphatic carbocycles. The second-order valence-electron chi connectivity index (χ2n) is 20.6. The predicted octanol–water partition coefficient (Wildman–Crippen LogP) is 12.1. The monoisotopic (exact) mass is 984 g/mol. The number of rotatable bonds is 31. The van der Waals surface area contributed by atoms with E-state index in [4.69, 9.17) is 33.7 Å². The van der Waals surface area contributed by atoms with Crippen molar-refractivity contribution >= 4 is 17.7 Å². The number of nitrogens with one attached hydrogen (secondary N) is 1. The summed E-state index contributed by atoms with van der Waals surface area (Å²) >= 11 is 0. The SMILES string of the molecule is C=CCOC12Oc3ccc(OC(=O)NCCCCCCCCCCCC)cc3C3C(CCCCO)C(CCCCO)C=C(C(=NOCC)CC1N(Cc1ccc4c(c1)OCO4)C(=O)CCC1CCCC1)C32. The normalized spacial score (nSPS) is 23.6. The topological polar surface area (TPSA) is 158 Å². The fraction of sp³-hybridized carbons (Fsp3) is 0.672. The van der Waals surface area contributed by atoms with Gasteiger partial charge in [-0.2, -0.15) is 0 Å². The summed E-state index contributed by atoms with van der Waals surface area (Å²) in [7, 11) is 0. The summed E-state index contributed by atoms with van der Waals surface area (Å²) in [5.74, 6) is 0.792. The number of benzene rings is 2. The Hall–Kier alpha value is -4.59. The number of carbonyl (C=O) groups excluding carboxylic acids is 2. The van der Waals surface area contributed by atoms with Crippen LogP contribution in [0.3, 0.4) is 0 Å². The molecule has 392 valence electrons. The number of hydrogen-bond donors (Lipinski definition) is 3. The van der Waals surface area contributed by atoms with Crippen LogP contribution in [0.5, 0.6) is 23.0 Å². The maximum absolute atomic E-state index is 15.3. The molecular weight excluding hydrogens is 899 g/mol. The third kappa shape index (κ3) is 14.1. The van der Waals surface area contributed by atoms with E-state index in [0.717, 1.165) is 86.6 Å². The van der Waals surface area contributed by atoms with Crippen molar-refractivity contribution in [3.8, 4) is 23.0 Å². The zero-order chi connectivity index (χ0) is 49.8. The zero-order valence-electron chi connectivity index (χ0n) is 43.1. The number of allylic oxidation sites excluding steroid dienone is 1. The lowest BCUT2D eigenvalue weighted by atomic mass is 9.55. The summed E-state index contributed by atoms with van der Waals surface area (Å²) < 4.78 is 32.3. The van der Waals surface area contributed by atoms with Gasteiger partial charge in [0.1, 0.15) is 24.1 Å². The van der Waals surface area contributed by atoms with Crippen LogP contribution in [0.4, 0.5) is 4.79 Å². The number of oxime groups is 1. The van der Waals surface area contributed by atoms with Crippen molar-refractivity contribution in [3.05, 3.63) is 71.8 Å². The van der Waals surface area contributed by atoms with E-state index in [1.165, 1.54) is 57.8 Å². The minimum absolute atomic E-state index is 0.0139. The summed E-state index contributed by atoms with van der Waals surface area (Å²) in [6.07, 6.45) is 26.5. The van der Waals surface area contributed by atoms with E-state index in [-0.39, 0.29) is 56.8 Å². The number of nitrogens with zero attached hydrogens (tertiary/aromatic N) is 2. The van der Waals surface area contributed by atoms with Gasteiger partial charge < -0.3 is 49.0 Å². The van der Waals surface area contributed by atoms with Gasteiger partial charge in [0.05, 0.1) is 18.2 Å². The Bertz CT molecular complexity index is 2070. The highest BCUT2D eigenvalue weighted by molar-refractivity contribution is 6.03. The van der Waals surface area contributed by atoms with E-state index >= 15 is 4.79 Å². The molecule has 0 spiro atoms. The maximum Gasteiger partial charge on any atom is 0.412 e. The minimum atomic E-state index is -1.41. The van der Waals surface area contributed by atoms with E-state index in [1.807, 2.05) is 42.2 Å². The van der Waals surface area contributed by atoms with Gasteiger partial charge in [0.25, 0.3) is 0 Å². The Labute approximate surface area is 424 Å². The van der Waals surface area contributed by atoms with Gasteiger partial charge in [-0.05, 0) is 105 Å². The number of amides is 2. The highest BCUT2D eigenvalue weighted by atomic mass is 16.7. The third-order valence-corrected chi connectivity index (χ3v) is 15.7. The highest BCUT2D eigenvalue weighted by Gasteiger charge is 2.65. The fourth-order valence-corrected chi connectivity index (χ4v) is 12.2. The molecule has 2 aromatic carbocycles. The molecule has 71 heavy (non-hydrogen) atoms. The van der Waals surface area contributed by atoms with Gasteiger partial charge in [-0.25, -0.2) is 4.79 Å². The van der Waals surface area contributed by atoms with Gasteiger partial charge in [-0.1, -0.05) is 127 Å². The number of hydrogen-bond acceptors (Lipinski definition) is 11. The fourth-order valence-electron chi connectivity index (χ4n) is 12.2. The Morgan fingerprint density at radius 3 is 2.31 bits per heavy atom. The molecule has 13 heteroatoms. The Balaban J connectivity index is 1.26. The van der Waals surface area contributed by atoms with E-state index in [9.17, 15) is 15.0 Å². The molecule has 6 atom stereocenters. The lowest BCUT2D eigenvalue weighted by Gasteiger charge is -2.60. The number of aliphatic hydroxyl groups excluding tert-OH is 2. The first-order chi connectivity index (χ1) is 34.8. The molecule has 0 bridgehead atoms. The summed E-state index contributed by atoms with van der Waals surface area (Å²) in [4.78, 5) is 36.7. The molecule has 13 nitrogen and oxygen atoms in total. The minimum Gasteiger partial charge on any atom is -0.459 e. The smallest absolute Gasteiger partial charge is 0.412 e. The second kappa shape index (κ2) is 28.0. The van der Waals surface area contributed by atoms with Gasteiger partial charge >= 0.3 is 6.09 Å². The van der Waals surface area contributed by atoms with Crippen LogP contribution in [0.2, 0.25) is 0 Å². The van der Waals surface area contributed by atoms with Crippen LogP contribution in [-0.4, -0.2) is 84.4 Å². The zero-order valence-corrected chi connectivity index (χ0v) is 43.1. The van der Waals surface area contributed by atoms with Crippen molar-refractivity contribution in [1.29, 1.82) is 0 Å². The lowest BCUT2D eigenvalue weighted by molar-refractivity contribution is -0.258. The Kier molecular flexibility index (Phi) is 21.4. The van der Waals surface area contributed by atoms with Crippen molar-refractivity contribution in [2.75, 3.05) is 39.8 Å². The molecular formula is C58H85N3O10. The average molecular weight is 984 g/mol. The van der Waals surface area contributed by atoms with Crippen LogP contribution >= 0.6 is 0 Å². The van der Waals surface area contributed by atoms with Gasteiger partial charge in [0.15, 0.2) is 11.5 Å². The molecule has 2 aliphatic heterocycles. The van der Waals surface area contributed by atoms with Crippen LogP contribution in [0, 0.1) is 23.7 Å². The molecule has 2 saturated carbocycles. The molecule has 2 aromatic rings. The van der Waals surface area contributed by atoms with Gasteiger partial charge in [-0.15, -0.1) is 6.58 Å². The van der Waals surface area contributed by atoms with Gasteiger partial charge in [0.2, 0.25) is 18.5 Å². The standard InChI is InChI=1S/C58H85N3O10/c1-4-7-8-9-10-11-12-13-14-19-32-59-57(65)70-45-28-30-50-48(38-45)55-46(25-18-21-34-63)44(24-17-20-33-62)37-47-49(60-69-6-3)39-53(58(71-50,56(47)55)68-35-5-2)61(54(64)31-27-42-22-15-16-23-42)40-43-26-29-51-52(36-43)67-41-66-51/h5,26,28-30,36-38,42,44,46,53,55-56,62-63H,2,4,6-25,27,31-35,39-41H2,1,3H3,(H,59,65). The van der Waals surface area contributed by atoms with E-state index in [2.05, 4.69) is 24.9 Å². The molecule has 6 unspecified atom stereocenters. The summed E-state index contributed by atoms with van der Waals surface area (Å²) in [5.41, 5.74) is 3.49. The summed E-state index contributed by atoms with van der Waals surface area (Å²) in [6.45, 7) is 9.92. The van der Waals surface area contributed by atoms with E-state index in [1.54, 1.807) is 12.1 Å². The van der Waals surface area contributed by atoms with Crippen molar-refractivity contribution < 1.29 is 48.3 Å². The molecule has 0 aromatic heterocycles. The molecule has 0 saturated heterocycles. The summed E-state index contributed by atoms with van der Waals surface area (Å²) in [5, 5.41) is 27.9. The maximum atomic E-state index is 15.3. The predicted molar refractivity (Wildman–Crippen MR) is 277 cm³/mol. The molecule has 5 aliphatic rings. The largest absolute Gasteiger partial charge is 0.459 e. The van der Waals surface area contributed by atoms with Crippen molar-refractivity contribution in [3.63, 3.8) is 0 Å². The van der Waals surface area contributed by atoms with Crippen LogP contribution in [-0.2, 0) is 20.9 Å². The molecule has 0 radical (unpaired) electrons. The second-order valence-corrected chi connectivity index (χ2v) is 20.6. The highest BCUT2D eigenvalue weighted by Crippen LogP contribution is 2.62. The first kappa shape index (κ1) is 54.2. The summed E-state index contributed by atoms with van der Waals surface area (Å²) in [6, 6.07) is 10.8. The van der Waals surface area contributed by atoms with Crippen molar-refractivity contribution in [2.45, 2.75) is 186 Å². The third-order valence-electron chi connectivity index (χ3n) is 15.7. The number of unbranched alkanes of at least 4 members (excludes halogenated alkanes) is 11. The van der Waals surface area contributed by atoms with Crippen molar-refractivity contribution in [2.24, 2.45) is 28.8 Å². The Morgan fingerprint density at radius 1 is 0.859 bits per heavy atom. The first-order valence-electron chi connectivity index (χ1n) is 27.7. The quantitative estimate of drug-likeness (QED) is 0.0377. The molecule has 7 rings (SSSR count). The van der Waals surface area contributed by atoms with E-state index < -0.39 is 23.8 Å². The number of fused-ring (bicyclic) bond motifs is 3. The van der Waals surface area contributed by atoms with E-state index in [0.29, 0.717) is 67.8 Å². The van der Waals surface area contributed by atoms with Gasteiger partial charge in [0, 0.05) is 50.6 Å². The molecule has 2 heterocycles. The average Bonchev–Trinajstić information content (AvgIpc) is 4.09. The van der Waals surface area contributed by atoms with Gasteiger partial charge in [-0.3, -0.25) is 4.79 Å². The number of ether oxygens (including phenoxy) is 5. The number of carbonyl (C=O) groups is 2. The Morgan fingerprint density at radius 2 is 1.58 bits per heavy atom.